The molecule has 0 atom stereocenters. The minimum Gasteiger partial charge on any atom is -0.396 e. The van der Waals surface area contributed by atoms with E-state index in [-0.39, 0.29) is 25.2 Å². The summed E-state index contributed by atoms with van der Waals surface area (Å²) in [4.78, 5) is 0. The molecule has 0 heterocycles. The number of aliphatic hydroxyl groups excluding tert-OH is 3. The minimum absolute atomic E-state index is 0.0515. The Morgan fingerprint density at radius 1 is 1.18 bits per heavy atom. The van der Waals surface area contributed by atoms with Crippen molar-refractivity contribution in [2.75, 3.05) is 19.8 Å². The van der Waals surface area contributed by atoms with Crippen LogP contribution in [0.1, 0.15) is 19.8 Å². The average Bonchev–Trinajstić information content (AvgIpc) is 2.83. The van der Waals surface area contributed by atoms with Gasteiger partial charge in [-0.25, -0.2) is 0 Å². The number of rotatable bonds is 4. The Balaban J connectivity index is 2.68. The Kier molecular flexibility index (Phi) is 2.23. The van der Waals surface area contributed by atoms with Gasteiger partial charge in [0.05, 0.1) is 13.2 Å². The van der Waals surface area contributed by atoms with E-state index in [1.165, 1.54) is 0 Å². The van der Waals surface area contributed by atoms with Gasteiger partial charge in [0.15, 0.2) is 0 Å². The lowest BCUT2D eigenvalue weighted by Crippen LogP contribution is -2.38. The molecule has 0 radical (unpaired) electrons. The fourth-order valence-electron chi connectivity index (χ4n) is 1.49. The minimum atomic E-state index is -0.498. The lowest BCUT2D eigenvalue weighted by Gasteiger charge is -2.33. The van der Waals surface area contributed by atoms with Crippen LogP contribution >= 0.6 is 0 Å². The average molecular weight is 160 g/mol. The van der Waals surface area contributed by atoms with Crippen molar-refractivity contribution < 1.29 is 15.3 Å². The maximum Gasteiger partial charge on any atom is 0.0512 e. The summed E-state index contributed by atoms with van der Waals surface area (Å²) in [6.07, 6.45) is 1.84. The summed E-state index contributed by atoms with van der Waals surface area (Å²) < 4.78 is 0. The standard InChI is InChI=1S/C8H16O3/c1-7(4-9,5-10)8(6-11)2-3-8/h9-11H,2-6H2,1H3. The zero-order chi connectivity index (χ0) is 8.54. The van der Waals surface area contributed by atoms with Crippen LogP contribution in [0.2, 0.25) is 0 Å². The zero-order valence-electron chi connectivity index (χ0n) is 6.88. The lowest BCUT2D eigenvalue weighted by atomic mass is 9.76. The van der Waals surface area contributed by atoms with Crippen molar-refractivity contribution in [1.82, 2.24) is 0 Å². The largest absolute Gasteiger partial charge is 0.396 e. The fourth-order valence-corrected chi connectivity index (χ4v) is 1.49. The number of hydrogen-bond donors (Lipinski definition) is 3. The first-order valence-corrected chi connectivity index (χ1v) is 3.97. The molecule has 1 saturated carbocycles. The van der Waals surface area contributed by atoms with Crippen molar-refractivity contribution in [2.24, 2.45) is 10.8 Å². The van der Waals surface area contributed by atoms with Crippen molar-refractivity contribution in [2.45, 2.75) is 19.8 Å². The molecule has 0 aromatic rings. The van der Waals surface area contributed by atoms with Gasteiger partial charge in [0.25, 0.3) is 0 Å². The Bertz CT molecular complexity index is 136. The van der Waals surface area contributed by atoms with Gasteiger partial charge in [0, 0.05) is 17.4 Å². The van der Waals surface area contributed by atoms with Crippen LogP contribution in [0.25, 0.3) is 0 Å². The molecule has 3 N–H and O–H groups in total. The monoisotopic (exact) mass is 160 g/mol. The molecule has 0 aromatic carbocycles. The maximum atomic E-state index is 9.03. The summed E-state index contributed by atoms with van der Waals surface area (Å²) in [5.74, 6) is 0. The molecular formula is C8H16O3. The first-order valence-electron chi connectivity index (χ1n) is 3.97. The second kappa shape index (κ2) is 2.73. The van der Waals surface area contributed by atoms with Crippen molar-refractivity contribution in [1.29, 1.82) is 0 Å². The van der Waals surface area contributed by atoms with Gasteiger partial charge in [0.2, 0.25) is 0 Å². The Morgan fingerprint density at radius 3 is 1.73 bits per heavy atom. The van der Waals surface area contributed by atoms with Gasteiger partial charge in [-0.1, -0.05) is 6.92 Å². The highest BCUT2D eigenvalue weighted by Gasteiger charge is 2.55. The second-order valence-electron chi connectivity index (χ2n) is 3.82. The highest BCUT2D eigenvalue weighted by atomic mass is 16.3. The smallest absolute Gasteiger partial charge is 0.0512 e. The third-order valence-corrected chi connectivity index (χ3v) is 3.13. The Morgan fingerprint density at radius 2 is 1.64 bits per heavy atom. The number of hydrogen-bond acceptors (Lipinski definition) is 3. The molecule has 0 bridgehead atoms. The quantitative estimate of drug-likeness (QED) is 0.531. The molecule has 0 saturated heterocycles. The van der Waals surface area contributed by atoms with E-state index in [4.69, 9.17) is 15.3 Å². The topological polar surface area (TPSA) is 60.7 Å². The number of aliphatic hydroxyl groups is 3. The molecule has 1 rings (SSSR count). The van der Waals surface area contributed by atoms with Gasteiger partial charge in [-0.3, -0.25) is 0 Å². The molecule has 0 aromatic heterocycles. The van der Waals surface area contributed by atoms with Crippen molar-refractivity contribution in [3.05, 3.63) is 0 Å². The SMILES string of the molecule is CC(CO)(CO)C1(CO)CC1. The normalized spacial score (nSPS) is 21.8. The molecule has 1 aliphatic carbocycles. The van der Waals surface area contributed by atoms with E-state index < -0.39 is 5.41 Å². The molecule has 3 heteroatoms. The lowest BCUT2D eigenvalue weighted by molar-refractivity contribution is -0.0188. The molecule has 0 aliphatic heterocycles. The first-order chi connectivity index (χ1) is 5.14. The van der Waals surface area contributed by atoms with Crippen LogP contribution in [0.3, 0.4) is 0 Å². The predicted octanol–water partition coefficient (Wildman–Crippen LogP) is -0.250. The van der Waals surface area contributed by atoms with Crippen LogP contribution in [0.4, 0.5) is 0 Å². The van der Waals surface area contributed by atoms with E-state index in [2.05, 4.69) is 0 Å². The third-order valence-electron chi connectivity index (χ3n) is 3.13. The van der Waals surface area contributed by atoms with E-state index in [0.29, 0.717) is 0 Å². The highest BCUT2D eigenvalue weighted by Crippen LogP contribution is 2.57. The van der Waals surface area contributed by atoms with Crippen LogP contribution in [0, 0.1) is 10.8 Å². The van der Waals surface area contributed by atoms with Crippen LogP contribution in [0.15, 0.2) is 0 Å². The van der Waals surface area contributed by atoms with Gasteiger partial charge in [-0.2, -0.15) is 0 Å². The van der Waals surface area contributed by atoms with E-state index in [9.17, 15) is 0 Å². The van der Waals surface area contributed by atoms with Crippen molar-refractivity contribution in [3.63, 3.8) is 0 Å². The highest BCUT2D eigenvalue weighted by molar-refractivity contribution is 5.04. The van der Waals surface area contributed by atoms with Gasteiger partial charge >= 0.3 is 0 Å². The summed E-state index contributed by atoms with van der Waals surface area (Å²) in [6.45, 7) is 1.79. The zero-order valence-corrected chi connectivity index (χ0v) is 6.88. The summed E-state index contributed by atoms with van der Waals surface area (Å²) in [6, 6.07) is 0. The Labute approximate surface area is 66.7 Å². The first kappa shape index (κ1) is 8.97. The molecule has 0 amide bonds. The molecule has 0 spiro atoms. The van der Waals surface area contributed by atoms with Crippen LogP contribution in [-0.4, -0.2) is 35.1 Å². The van der Waals surface area contributed by atoms with Gasteiger partial charge < -0.3 is 15.3 Å². The second-order valence-corrected chi connectivity index (χ2v) is 3.82. The van der Waals surface area contributed by atoms with Gasteiger partial charge in [-0.05, 0) is 12.8 Å². The molecular weight excluding hydrogens is 144 g/mol. The molecule has 3 nitrogen and oxygen atoms in total. The van der Waals surface area contributed by atoms with Crippen LogP contribution in [0.5, 0.6) is 0 Å². The van der Waals surface area contributed by atoms with E-state index >= 15 is 0 Å². The Hall–Kier alpha value is -0.120. The molecule has 1 aliphatic rings. The van der Waals surface area contributed by atoms with Crippen LogP contribution in [-0.2, 0) is 0 Å². The third kappa shape index (κ3) is 1.17. The summed E-state index contributed by atoms with van der Waals surface area (Å²) >= 11 is 0. The van der Waals surface area contributed by atoms with E-state index in [1.54, 1.807) is 0 Å². The molecule has 66 valence electrons. The summed E-state index contributed by atoms with van der Waals surface area (Å²) in [5, 5.41) is 27.1. The van der Waals surface area contributed by atoms with Crippen molar-refractivity contribution >= 4 is 0 Å². The van der Waals surface area contributed by atoms with E-state index in [1.807, 2.05) is 6.92 Å². The summed E-state index contributed by atoms with van der Waals surface area (Å²) in [5.41, 5.74) is -0.696. The molecule has 11 heavy (non-hydrogen) atoms. The fraction of sp³-hybridized carbons (Fsp3) is 1.00. The van der Waals surface area contributed by atoms with E-state index in [0.717, 1.165) is 12.8 Å². The summed E-state index contributed by atoms with van der Waals surface area (Å²) in [7, 11) is 0. The molecule has 0 unspecified atom stereocenters. The molecule has 1 fully saturated rings. The van der Waals surface area contributed by atoms with Crippen LogP contribution < -0.4 is 0 Å². The van der Waals surface area contributed by atoms with Crippen molar-refractivity contribution in [3.8, 4) is 0 Å². The maximum absolute atomic E-state index is 9.03. The predicted molar refractivity (Wildman–Crippen MR) is 41.0 cm³/mol. The van der Waals surface area contributed by atoms with Gasteiger partial charge in [-0.15, -0.1) is 0 Å². The van der Waals surface area contributed by atoms with Gasteiger partial charge in [0.1, 0.15) is 0 Å².